The molecule has 0 amide bonds. The standard InChI is InChI=1S/C15H22ClNOS/c1-5-18-13-8-10(3)15(16)11(4)12(13)6-9(2)7-14(17)19/h8-9H,5-7H2,1-4H3,(H2,17,19). The maximum Gasteiger partial charge on any atom is 0.123 e. The highest BCUT2D eigenvalue weighted by molar-refractivity contribution is 7.80. The highest BCUT2D eigenvalue weighted by Crippen LogP contribution is 2.33. The molecular weight excluding hydrogens is 278 g/mol. The van der Waals surface area contributed by atoms with Gasteiger partial charge in [-0.05, 0) is 55.9 Å². The molecule has 0 aliphatic rings. The first-order valence-corrected chi connectivity index (χ1v) is 7.35. The number of halogens is 1. The van der Waals surface area contributed by atoms with Gasteiger partial charge in [0.2, 0.25) is 0 Å². The lowest BCUT2D eigenvalue weighted by molar-refractivity contribution is 0.334. The lowest BCUT2D eigenvalue weighted by Crippen LogP contribution is -2.15. The zero-order chi connectivity index (χ0) is 14.6. The van der Waals surface area contributed by atoms with Crippen LogP contribution in [0.4, 0.5) is 0 Å². The predicted molar refractivity (Wildman–Crippen MR) is 86.4 cm³/mol. The minimum absolute atomic E-state index is 0.383. The molecule has 0 aromatic heterocycles. The number of thiocarbonyl (C=S) groups is 1. The van der Waals surface area contributed by atoms with Gasteiger partial charge in [-0.15, -0.1) is 0 Å². The molecule has 0 heterocycles. The molecule has 0 saturated heterocycles. The van der Waals surface area contributed by atoms with Crippen molar-refractivity contribution in [1.82, 2.24) is 0 Å². The number of ether oxygens (including phenoxy) is 1. The first kappa shape index (κ1) is 16.3. The summed E-state index contributed by atoms with van der Waals surface area (Å²) in [7, 11) is 0. The van der Waals surface area contributed by atoms with E-state index in [-0.39, 0.29) is 0 Å². The molecule has 1 unspecified atom stereocenters. The normalized spacial score (nSPS) is 12.3. The van der Waals surface area contributed by atoms with Crippen LogP contribution < -0.4 is 10.5 Å². The topological polar surface area (TPSA) is 35.2 Å². The molecule has 106 valence electrons. The molecule has 0 radical (unpaired) electrons. The van der Waals surface area contributed by atoms with E-state index in [0.29, 0.717) is 17.5 Å². The molecule has 0 fully saturated rings. The lowest BCUT2D eigenvalue weighted by Gasteiger charge is -2.19. The van der Waals surface area contributed by atoms with Gasteiger partial charge in [0.1, 0.15) is 5.75 Å². The Balaban J connectivity index is 3.09. The highest BCUT2D eigenvalue weighted by Gasteiger charge is 2.16. The summed E-state index contributed by atoms with van der Waals surface area (Å²) in [6, 6.07) is 2.02. The Morgan fingerprint density at radius 2 is 2.11 bits per heavy atom. The van der Waals surface area contributed by atoms with Gasteiger partial charge < -0.3 is 10.5 Å². The average molecular weight is 300 g/mol. The summed E-state index contributed by atoms with van der Waals surface area (Å²) >= 11 is 11.3. The van der Waals surface area contributed by atoms with Crippen LogP contribution in [-0.2, 0) is 6.42 Å². The van der Waals surface area contributed by atoms with E-state index in [9.17, 15) is 0 Å². The van der Waals surface area contributed by atoms with E-state index >= 15 is 0 Å². The number of aryl methyl sites for hydroxylation is 1. The molecule has 1 aromatic carbocycles. The van der Waals surface area contributed by atoms with E-state index in [1.54, 1.807) is 0 Å². The Bertz CT molecular complexity index is 474. The fourth-order valence-corrected chi connectivity index (χ4v) is 2.72. The fraction of sp³-hybridized carbons (Fsp3) is 0.533. The number of rotatable bonds is 6. The van der Waals surface area contributed by atoms with Gasteiger partial charge in [-0.1, -0.05) is 30.7 Å². The molecule has 0 bridgehead atoms. The van der Waals surface area contributed by atoms with Gasteiger partial charge in [-0.3, -0.25) is 0 Å². The zero-order valence-electron chi connectivity index (χ0n) is 12.0. The van der Waals surface area contributed by atoms with Crippen molar-refractivity contribution in [2.75, 3.05) is 6.61 Å². The van der Waals surface area contributed by atoms with Gasteiger partial charge >= 0.3 is 0 Å². The summed E-state index contributed by atoms with van der Waals surface area (Å²) in [4.78, 5) is 0.557. The quantitative estimate of drug-likeness (QED) is 0.799. The van der Waals surface area contributed by atoms with E-state index in [1.165, 1.54) is 5.56 Å². The van der Waals surface area contributed by atoms with Crippen molar-refractivity contribution >= 4 is 28.8 Å². The molecule has 0 aliphatic heterocycles. The van der Waals surface area contributed by atoms with Gasteiger partial charge in [0.25, 0.3) is 0 Å². The van der Waals surface area contributed by atoms with Crippen LogP contribution in [0.15, 0.2) is 6.07 Å². The summed E-state index contributed by atoms with van der Waals surface area (Å²) < 4.78 is 5.74. The molecule has 1 rings (SSSR count). The largest absolute Gasteiger partial charge is 0.494 e. The first-order valence-electron chi connectivity index (χ1n) is 6.56. The van der Waals surface area contributed by atoms with E-state index < -0.39 is 0 Å². The summed E-state index contributed by atoms with van der Waals surface area (Å²) in [6.07, 6.45) is 1.62. The van der Waals surface area contributed by atoms with Crippen molar-refractivity contribution in [3.63, 3.8) is 0 Å². The van der Waals surface area contributed by atoms with Gasteiger partial charge in [-0.2, -0.15) is 0 Å². The Morgan fingerprint density at radius 1 is 1.47 bits per heavy atom. The number of nitrogens with two attached hydrogens (primary N) is 1. The lowest BCUT2D eigenvalue weighted by atomic mass is 9.93. The third-order valence-corrected chi connectivity index (χ3v) is 3.92. The number of hydrogen-bond donors (Lipinski definition) is 1. The van der Waals surface area contributed by atoms with Crippen molar-refractivity contribution in [3.8, 4) is 5.75 Å². The maximum absolute atomic E-state index is 6.34. The molecule has 1 aromatic rings. The Morgan fingerprint density at radius 3 is 2.63 bits per heavy atom. The predicted octanol–water partition coefficient (Wildman–Crippen LogP) is 4.21. The molecule has 0 saturated carbocycles. The number of benzene rings is 1. The van der Waals surface area contributed by atoms with Crippen LogP contribution in [0.3, 0.4) is 0 Å². The number of hydrogen-bond acceptors (Lipinski definition) is 2. The molecule has 2 nitrogen and oxygen atoms in total. The van der Waals surface area contributed by atoms with Crippen molar-refractivity contribution in [3.05, 3.63) is 27.8 Å². The molecule has 4 heteroatoms. The highest BCUT2D eigenvalue weighted by atomic mass is 35.5. The van der Waals surface area contributed by atoms with E-state index in [0.717, 1.165) is 34.7 Å². The summed E-state index contributed by atoms with van der Waals surface area (Å²) in [5, 5.41) is 0.820. The molecule has 0 aliphatic carbocycles. The van der Waals surface area contributed by atoms with Crippen molar-refractivity contribution in [1.29, 1.82) is 0 Å². The minimum atomic E-state index is 0.383. The molecule has 1 atom stereocenters. The van der Waals surface area contributed by atoms with Crippen LogP contribution in [0.5, 0.6) is 5.75 Å². The monoisotopic (exact) mass is 299 g/mol. The molecule has 2 N–H and O–H groups in total. The Hall–Kier alpha value is -0.800. The first-order chi connectivity index (χ1) is 8.86. The third-order valence-electron chi connectivity index (χ3n) is 3.18. The SMILES string of the molecule is CCOc1cc(C)c(Cl)c(C)c1CC(C)CC(N)=S. The fourth-order valence-electron chi connectivity index (χ4n) is 2.26. The van der Waals surface area contributed by atoms with Crippen molar-refractivity contribution < 1.29 is 4.74 Å². The van der Waals surface area contributed by atoms with Crippen molar-refractivity contribution in [2.24, 2.45) is 11.7 Å². The van der Waals surface area contributed by atoms with Gasteiger partial charge in [-0.25, -0.2) is 0 Å². The Labute approximate surface area is 126 Å². The van der Waals surface area contributed by atoms with Crippen LogP contribution in [0.25, 0.3) is 0 Å². The second kappa shape index (κ2) is 7.11. The van der Waals surface area contributed by atoms with Crippen LogP contribution in [0, 0.1) is 19.8 Å². The van der Waals surface area contributed by atoms with Gasteiger partial charge in [0.05, 0.1) is 11.6 Å². The summed E-state index contributed by atoms with van der Waals surface area (Å²) in [6.45, 7) is 8.82. The second-order valence-corrected chi connectivity index (χ2v) is 5.92. The van der Waals surface area contributed by atoms with E-state index in [2.05, 4.69) is 6.92 Å². The van der Waals surface area contributed by atoms with E-state index in [1.807, 2.05) is 26.8 Å². The van der Waals surface area contributed by atoms with Crippen LogP contribution in [-0.4, -0.2) is 11.6 Å². The maximum atomic E-state index is 6.34. The minimum Gasteiger partial charge on any atom is -0.494 e. The van der Waals surface area contributed by atoms with Crippen LogP contribution >= 0.6 is 23.8 Å². The van der Waals surface area contributed by atoms with Gasteiger partial charge in [0.15, 0.2) is 0 Å². The van der Waals surface area contributed by atoms with Gasteiger partial charge in [0, 0.05) is 11.4 Å². The molecule has 19 heavy (non-hydrogen) atoms. The average Bonchev–Trinajstić information content (AvgIpc) is 2.31. The van der Waals surface area contributed by atoms with Crippen LogP contribution in [0.1, 0.15) is 37.0 Å². The zero-order valence-corrected chi connectivity index (χ0v) is 13.6. The molecule has 0 spiro atoms. The summed E-state index contributed by atoms with van der Waals surface area (Å²) in [5.41, 5.74) is 8.92. The van der Waals surface area contributed by atoms with Crippen LogP contribution in [0.2, 0.25) is 5.02 Å². The Kier molecular flexibility index (Phi) is 6.08. The third kappa shape index (κ3) is 4.36. The van der Waals surface area contributed by atoms with E-state index in [4.69, 9.17) is 34.3 Å². The summed E-state index contributed by atoms with van der Waals surface area (Å²) in [5.74, 6) is 1.31. The second-order valence-electron chi connectivity index (χ2n) is 5.02. The van der Waals surface area contributed by atoms with Crippen molar-refractivity contribution in [2.45, 2.75) is 40.5 Å². The molecular formula is C15H22ClNOS. The smallest absolute Gasteiger partial charge is 0.123 e.